The number of nitrogens with one attached hydrogen (secondary N) is 1. The number of hydrogen-bond donors (Lipinski definition) is 2. The van der Waals surface area contributed by atoms with Gasteiger partial charge in [-0.3, -0.25) is 4.99 Å². The maximum atomic E-state index is 12.9. The Morgan fingerprint density at radius 1 is 1.16 bits per heavy atom. The van der Waals surface area contributed by atoms with Crippen molar-refractivity contribution in [3.05, 3.63) is 65.0 Å². The lowest BCUT2D eigenvalue weighted by atomic mass is 10.1. The third kappa shape index (κ3) is 5.03. The maximum absolute atomic E-state index is 12.9. The number of hydrogen-bond acceptors (Lipinski definition) is 2. The maximum Gasteiger partial charge on any atom is 0.193 e. The summed E-state index contributed by atoms with van der Waals surface area (Å²) in [5.74, 6) is 0.231. The molecule has 5 heteroatoms. The average Bonchev–Trinajstić information content (AvgIpc) is 3.04. The molecule has 25 heavy (non-hydrogen) atoms. The Kier molecular flexibility index (Phi) is 5.66. The van der Waals surface area contributed by atoms with Gasteiger partial charge in [0.2, 0.25) is 0 Å². The molecule has 0 radical (unpaired) electrons. The zero-order chi connectivity index (χ0) is 17.6. The lowest BCUT2D eigenvalue weighted by molar-refractivity contribution is 0.336. The van der Waals surface area contributed by atoms with Gasteiger partial charge in [0, 0.05) is 18.8 Å². The van der Waals surface area contributed by atoms with Gasteiger partial charge in [-0.05, 0) is 67.3 Å². The quantitative estimate of drug-likeness (QED) is 0.627. The van der Waals surface area contributed by atoms with Crippen molar-refractivity contribution in [2.75, 3.05) is 25.5 Å². The van der Waals surface area contributed by atoms with Crippen LogP contribution < -0.4 is 11.1 Å². The number of guanidine groups is 1. The average molecular weight is 340 g/mol. The van der Waals surface area contributed by atoms with Crippen LogP contribution in [0.1, 0.15) is 23.1 Å². The van der Waals surface area contributed by atoms with Gasteiger partial charge in [0.15, 0.2) is 5.96 Å². The molecule has 0 atom stereocenters. The molecular formula is C20H25FN4. The number of aryl methyl sites for hydroxylation is 2. The fourth-order valence-electron chi connectivity index (χ4n) is 3.16. The molecule has 0 heterocycles. The fraction of sp³-hybridized carbons (Fsp3) is 0.350. The first-order valence-electron chi connectivity index (χ1n) is 8.72. The van der Waals surface area contributed by atoms with Crippen LogP contribution in [0.15, 0.2) is 47.5 Å². The Balaban J connectivity index is 1.45. The van der Waals surface area contributed by atoms with Gasteiger partial charge in [-0.15, -0.1) is 0 Å². The van der Waals surface area contributed by atoms with Crippen LogP contribution in [-0.2, 0) is 19.4 Å². The number of anilines is 1. The Hall–Kier alpha value is -2.40. The van der Waals surface area contributed by atoms with E-state index in [2.05, 4.69) is 33.4 Å². The number of nitrogens with two attached hydrogens (primary N) is 1. The second kappa shape index (κ2) is 8.12. The molecule has 1 aliphatic carbocycles. The Morgan fingerprint density at radius 2 is 1.92 bits per heavy atom. The summed E-state index contributed by atoms with van der Waals surface area (Å²) in [5.41, 5.74) is 10.9. The Bertz CT molecular complexity index is 740. The monoisotopic (exact) mass is 340 g/mol. The highest BCUT2D eigenvalue weighted by Crippen LogP contribution is 2.24. The summed E-state index contributed by atoms with van der Waals surface area (Å²) in [6.45, 7) is 2.15. The summed E-state index contributed by atoms with van der Waals surface area (Å²) in [7, 11) is 2.02. The highest BCUT2D eigenvalue weighted by Gasteiger charge is 2.10. The number of rotatable bonds is 6. The molecule has 132 valence electrons. The van der Waals surface area contributed by atoms with Gasteiger partial charge < -0.3 is 16.0 Å². The van der Waals surface area contributed by atoms with E-state index >= 15 is 0 Å². The molecule has 0 fully saturated rings. The van der Waals surface area contributed by atoms with Crippen molar-refractivity contribution in [1.82, 2.24) is 4.90 Å². The SMILES string of the molecule is CN(CCN=C(N)Nc1ccc2c(c1)CCC2)Cc1ccc(F)cc1. The third-order valence-electron chi connectivity index (χ3n) is 4.50. The van der Waals surface area contributed by atoms with Gasteiger partial charge in [-0.25, -0.2) is 4.39 Å². The zero-order valence-electron chi connectivity index (χ0n) is 14.6. The minimum atomic E-state index is -0.207. The number of benzene rings is 2. The lowest BCUT2D eigenvalue weighted by Crippen LogP contribution is -2.26. The first-order chi connectivity index (χ1) is 12.1. The van der Waals surface area contributed by atoms with Crippen molar-refractivity contribution in [3.8, 4) is 0 Å². The summed E-state index contributed by atoms with van der Waals surface area (Å²) in [6, 6.07) is 13.0. The lowest BCUT2D eigenvalue weighted by Gasteiger charge is -2.15. The number of aliphatic imine (C=N–C) groups is 1. The van der Waals surface area contributed by atoms with E-state index in [9.17, 15) is 4.39 Å². The first-order valence-corrected chi connectivity index (χ1v) is 8.72. The molecule has 0 saturated carbocycles. The summed E-state index contributed by atoms with van der Waals surface area (Å²) in [5, 5.41) is 3.17. The molecule has 1 aliphatic rings. The van der Waals surface area contributed by atoms with Crippen molar-refractivity contribution < 1.29 is 4.39 Å². The minimum absolute atomic E-state index is 0.207. The van der Waals surface area contributed by atoms with Crippen LogP contribution in [0.2, 0.25) is 0 Å². The van der Waals surface area contributed by atoms with Gasteiger partial charge in [0.1, 0.15) is 5.82 Å². The second-order valence-electron chi connectivity index (χ2n) is 6.59. The van der Waals surface area contributed by atoms with Crippen molar-refractivity contribution in [1.29, 1.82) is 0 Å². The van der Waals surface area contributed by atoms with Crippen molar-refractivity contribution in [2.45, 2.75) is 25.8 Å². The van der Waals surface area contributed by atoms with Gasteiger partial charge in [-0.2, -0.15) is 0 Å². The first kappa shape index (κ1) is 17.4. The van der Waals surface area contributed by atoms with E-state index in [4.69, 9.17) is 5.73 Å². The van der Waals surface area contributed by atoms with Crippen LogP contribution in [-0.4, -0.2) is 31.0 Å². The summed E-state index contributed by atoms with van der Waals surface area (Å²) in [4.78, 5) is 6.53. The van der Waals surface area contributed by atoms with Crippen molar-refractivity contribution in [3.63, 3.8) is 0 Å². The van der Waals surface area contributed by atoms with E-state index in [1.165, 1.54) is 36.1 Å². The van der Waals surface area contributed by atoms with E-state index in [0.717, 1.165) is 30.8 Å². The predicted octanol–water partition coefficient (Wildman–Crippen LogP) is 3.17. The molecule has 2 aromatic rings. The van der Waals surface area contributed by atoms with E-state index < -0.39 is 0 Å². The van der Waals surface area contributed by atoms with Gasteiger partial charge in [-0.1, -0.05) is 18.2 Å². The normalized spacial score (nSPS) is 14.0. The smallest absolute Gasteiger partial charge is 0.193 e. The van der Waals surface area contributed by atoms with Crippen LogP contribution in [0.5, 0.6) is 0 Å². The standard InChI is InChI=1S/C20H25FN4/c1-25(14-15-5-8-18(21)9-6-15)12-11-23-20(22)24-19-10-7-16-3-2-4-17(16)13-19/h5-10,13H,2-4,11-12,14H2,1H3,(H3,22,23,24). The number of nitrogens with zero attached hydrogens (tertiary/aromatic N) is 2. The van der Waals surface area contributed by atoms with E-state index in [1.54, 1.807) is 12.1 Å². The molecule has 0 aliphatic heterocycles. The molecule has 0 amide bonds. The molecule has 3 rings (SSSR count). The van der Waals surface area contributed by atoms with Crippen LogP contribution >= 0.6 is 0 Å². The predicted molar refractivity (Wildman–Crippen MR) is 101 cm³/mol. The number of halogens is 1. The van der Waals surface area contributed by atoms with Gasteiger partial charge in [0.05, 0.1) is 6.54 Å². The van der Waals surface area contributed by atoms with E-state index in [-0.39, 0.29) is 5.82 Å². The van der Waals surface area contributed by atoms with Crippen molar-refractivity contribution >= 4 is 11.6 Å². The molecule has 0 saturated heterocycles. The summed E-state index contributed by atoms with van der Waals surface area (Å²) < 4.78 is 12.9. The molecule has 4 nitrogen and oxygen atoms in total. The molecule has 0 bridgehead atoms. The third-order valence-corrected chi connectivity index (χ3v) is 4.50. The van der Waals surface area contributed by atoms with Crippen LogP contribution in [0.25, 0.3) is 0 Å². The van der Waals surface area contributed by atoms with Gasteiger partial charge in [0.25, 0.3) is 0 Å². The Morgan fingerprint density at radius 3 is 2.72 bits per heavy atom. The summed E-state index contributed by atoms with van der Waals surface area (Å²) >= 11 is 0. The number of fused-ring (bicyclic) bond motifs is 1. The van der Waals surface area contributed by atoms with Crippen molar-refractivity contribution in [2.24, 2.45) is 10.7 Å². The van der Waals surface area contributed by atoms with Crippen LogP contribution in [0, 0.1) is 5.82 Å². The van der Waals surface area contributed by atoms with Crippen LogP contribution in [0.3, 0.4) is 0 Å². The molecule has 3 N–H and O–H groups in total. The molecule has 0 spiro atoms. The molecule has 0 aromatic heterocycles. The minimum Gasteiger partial charge on any atom is -0.370 e. The molecule has 2 aromatic carbocycles. The largest absolute Gasteiger partial charge is 0.370 e. The zero-order valence-corrected chi connectivity index (χ0v) is 14.6. The molecular weight excluding hydrogens is 315 g/mol. The van der Waals surface area contributed by atoms with Crippen LogP contribution in [0.4, 0.5) is 10.1 Å². The number of likely N-dealkylation sites (N-methyl/N-ethyl adjacent to an activating group) is 1. The fourth-order valence-corrected chi connectivity index (χ4v) is 3.16. The highest BCUT2D eigenvalue weighted by molar-refractivity contribution is 5.92. The van der Waals surface area contributed by atoms with Gasteiger partial charge >= 0.3 is 0 Å². The summed E-state index contributed by atoms with van der Waals surface area (Å²) in [6.07, 6.45) is 3.57. The second-order valence-corrected chi connectivity index (χ2v) is 6.59. The topological polar surface area (TPSA) is 53.6 Å². The highest BCUT2D eigenvalue weighted by atomic mass is 19.1. The van der Waals surface area contributed by atoms with E-state index in [1.807, 2.05) is 7.05 Å². The van der Waals surface area contributed by atoms with E-state index in [0.29, 0.717) is 12.5 Å². The Labute approximate surface area is 148 Å². The molecule has 0 unspecified atom stereocenters.